The van der Waals surface area contributed by atoms with Gasteiger partial charge in [-0.1, -0.05) is 268 Å². The fourth-order valence-electron chi connectivity index (χ4n) is 18.9. The standard InChI is InChI=1S/C108H72F3NO2/c1-5-69-29-49-85(50-30-69)113-87-53-39-75(40-54-87)106(77-17-15-19-80(110)64-77)98-25-11-7-21-89(98)94-58-38-74(63-103(94)106)97(73-34-43-79(109)44-35-73)61-71-33-57-93-91-23-9-13-27-100(91)108(102(93)62-71)101-28-14-10-24-92(101)96-60-48-84(67-105(96)108)112(82-45-36-72(37-46-82)68(3)4)83-47-59-95-90-22-8-12-26-99(90)107(104(95)66-83,78-18-16-20-81(111)65-78)76-41-55-88(56-42-76)114-86-51-31-70(6-2)32-52-86/h5-67H,1-3H2,4H3/b97-61-. The lowest BCUT2D eigenvalue weighted by atomic mass is 9.67. The van der Waals surface area contributed by atoms with E-state index in [1.807, 2.05) is 110 Å². The Morgan fingerprint density at radius 2 is 0.632 bits per heavy atom. The molecule has 3 unspecified atom stereocenters. The number of anilines is 3. The summed E-state index contributed by atoms with van der Waals surface area (Å²) < 4.78 is 60.9. The van der Waals surface area contributed by atoms with Crippen LogP contribution >= 0.6 is 0 Å². The molecule has 0 amide bonds. The third kappa shape index (κ3) is 10.9. The minimum atomic E-state index is -0.997. The van der Waals surface area contributed by atoms with Gasteiger partial charge in [-0.3, -0.25) is 0 Å². The van der Waals surface area contributed by atoms with E-state index in [0.717, 1.165) is 162 Å². The molecule has 16 aromatic carbocycles. The van der Waals surface area contributed by atoms with E-state index in [0.29, 0.717) is 23.0 Å². The molecule has 0 N–H and O–H groups in total. The molecule has 542 valence electrons. The average Bonchev–Trinajstić information content (AvgIpc) is 1.52. The van der Waals surface area contributed by atoms with E-state index in [-0.39, 0.29) is 17.5 Å². The molecule has 0 saturated heterocycles. The summed E-state index contributed by atoms with van der Waals surface area (Å²) in [5.41, 5.74) is 28.3. The number of rotatable bonds is 17. The highest BCUT2D eigenvalue weighted by Gasteiger charge is 2.53. The second-order valence-corrected chi connectivity index (χ2v) is 30.0. The normalized spacial score (nSPS) is 16.2. The Morgan fingerprint density at radius 1 is 0.281 bits per heavy atom. The maximum atomic E-state index is 16.3. The van der Waals surface area contributed by atoms with Crippen LogP contribution in [0.25, 0.3) is 73.9 Å². The summed E-state index contributed by atoms with van der Waals surface area (Å²) in [5, 5.41) is 0. The first kappa shape index (κ1) is 68.9. The number of halogens is 3. The van der Waals surface area contributed by atoms with E-state index >= 15 is 13.2 Å². The van der Waals surface area contributed by atoms with Gasteiger partial charge in [0, 0.05) is 17.1 Å². The first-order chi connectivity index (χ1) is 55.9. The summed E-state index contributed by atoms with van der Waals surface area (Å²) in [5.74, 6) is 1.70. The lowest BCUT2D eigenvalue weighted by Gasteiger charge is -2.35. The van der Waals surface area contributed by atoms with E-state index < -0.39 is 16.2 Å². The minimum absolute atomic E-state index is 0.329. The van der Waals surface area contributed by atoms with E-state index in [2.05, 4.69) is 255 Å². The topological polar surface area (TPSA) is 21.7 Å². The predicted molar refractivity (Wildman–Crippen MR) is 460 cm³/mol. The van der Waals surface area contributed by atoms with Crippen LogP contribution in [-0.2, 0) is 16.2 Å². The molecule has 1 spiro atoms. The fourth-order valence-corrected chi connectivity index (χ4v) is 18.9. The molecule has 4 aliphatic carbocycles. The minimum Gasteiger partial charge on any atom is -0.457 e. The third-order valence-corrected chi connectivity index (χ3v) is 23.9. The summed E-state index contributed by atoms with van der Waals surface area (Å²) in [6.07, 6.45) is 5.87. The van der Waals surface area contributed by atoms with Gasteiger partial charge in [-0.2, -0.15) is 0 Å². The van der Waals surface area contributed by atoms with Crippen molar-refractivity contribution in [3.63, 3.8) is 0 Å². The van der Waals surface area contributed by atoms with Crippen LogP contribution in [0, 0.1) is 17.5 Å². The van der Waals surface area contributed by atoms with Gasteiger partial charge < -0.3 is 14.4 Å². The van der Waals surface area contributed by atoms with E-state index in [1.54, 1.807) is 24.3 Å². The van der Waals surface area contributed by atoms with E-state index in [4.69, 9.17) is 9.47 Å². The highest BCUT2D eigenvalue weighted by molar-refractivity contribution is 6.00. The molecule has 0 radical (unpaired) electrons. The molecule has 4 aliphatic rings. The number of benzene rings is 16. The zero-order chi connectivity index (χ0) is 77.0. The number of ether oxygens (including phenoxy) is 2. The Bertz CT molecular complexity index is 6620. The van der Waals surface area contributed by atoms with Crippen molar-refractivity contribution in [2.75, 3.05) is 4.90 Å². The van der Waals surface area contributed by atoms with Crippen molar-refractivity contribution in [3.05, 3.63) is 501 Å². The molecule has 0 aliphatic heterocycles. The molecule has 16 aromatic rings. The van der Waals surface area contributed by atoms with Crippen molar-refractivity contribution < 1.29 is 22.6 Å². The quantitative estimate of drug-likeness (QED) is 0.0848. The van der Waals surface area contributed by atoms with Crippen LogP contribution in [0.15, 0.2) is 384 Å². The van der Waals surface area contributed by atoms with Gasteiger partial charge in [-0.25, -0.2) is 13.2 Å². The number of nitrogens with zero attached hydrogens (tertiary/aromatic N) is 1. The molecule has 114 heavy (non-hydrogen) atoms. The number of allylic oxidation sites excluding steroid dienone is 1. The van der Waals surface area contributed by atoms with Crippen LogP contribution in [0.4, 0.5) is 30.2 Å². The zero-order valence-corrected chi connectivity index (χ0v) is 62.4. The third-order valence-electron chi connectivity index (χ3n) is 23.9. The molecule has 20 rings (SSSR count). The fraction of sp³-hybridized carbons (Fsp3) is 0.0370. The SMILES string of the molecule is C=Cc1ccc(Oc2ccc(C3(c4cccc(F)c4)c4ccccc4-c4ccc(/C(=C\c5ccc6c(c5)C5(c7ccccc7-6)c6ccccc6-c6ccc(N(c7ccc(C(=C)C)cc7)c7ccc8c(c7)C(c7ccc(Oc9ccc(C=C)cc9)cc7)(c7cccc(F)c7)c7ccccc7-8)cc65)c5ccc(F)cc5)cc43)cc2)cc1. The number of fused-ring (bicyclic) bond motifs is 16. The summed E-state index contributed by atoms with van der Waals surface area (Å²) in [6.45, 7) is 14.2. The molecule has 0 fully saturated rings. The van der Waals surface area contributed by atoms with Crippen LogP contribution in [0.5, 0.6) is 23.0 Å². The van der Waals surface area contributed by atoms with Crippen molar-refractivity contribution in [2.45, 2.75) is 23.2 Å². The van der Waals surface area contributed by atoms with Crippen molar-refractivity contribution in [1.29, 1.82) is 0 Å². The second kappa shape index (κ2) is 27.3. The summed E-state index contributed by atoms with van der Waals surface area (Å²) >= 11 is 0. The highest BCUT2D eigenvalue weighted by Crippen LogP contribution is 2.65. The Kier molecular flexibility index (Phi) is 16.5. The van der Waals surface area contributed by atoms with Crippen LogP contribution in [0.3, 0.4) is 0 Å². The van der Waals surface area contributed by atoms with Crippen LogP contribution in [0.2, 0.25) is 0 Å². The molecule has 0 bridgehead atoms. The maximum Gasteiger partial charge on any atom is 0.127 e. The van der Waals surface area contributed by atoms with Crippen LogP contribution in [-0.4, -0.2) is 0 Å². The number of hydrogen-bond donors (Lipinski definition) is 0. The van der Waals surface area contributed by atoms with E-state index in [9.17, 15) is 0 Å². The summed E-state index contributed by atoms with van der Waals surface area (Å²) in [4.78, 5) is 2.37. The largest absolute Gasteiger partial charge is 0.457 e. The Morgan fingerprint density at radius 3 is 1.07 bits per heavy atom. The van der Waals surface area contributed by atoms with Gasteiger partial charge in [0.15, 0.2) is 0 Å². The summed E-state index contributed by atoms with van der Waals surface area (Å²) in [6, 6.07) is 124. The van der Waals surface area contributed by atoms with Crippen LogP contribution < -0.4 is 14.4 Å². The zero-order valence-electron chi connectivity index (χ0n) is 62.4. The first-order valence-electron chi connectivity index (χ1n) is 38.5. The predicted octanol–water partition coefficient (Wildman–Crippen LogP) is 28.1. The Hall–Kier alpha value is -14.3. The monoisotopic (exact) mass is 1470 g/mol. The van der Waals surface area contributed by atoms with Gasteiger partial charge in [0.2, 0.25) is 0 Å². The van der Waals surface area contributed by atoms with Gasteiger partial charge in [-0.15, -0.1) is 0 Å². The van der Waals surface area contributed by atoms with Crippen molar-refractivity contribution in [1.82, 2.24) is 0 Å². The van der Waals surface area contributed by atoms with Crippen molar-refractivity contribution >= 4 is 46.4 Å². The first-order valence-corrected chi connectivity index (χ1v) is 38.5. The molecular weight excluding hydrogens is 1400 g/mol. The molecule has 3 nitrogen and oxygen atoms in total. The van der Waals surface area contributed by atoms with Gasteiger partial charge in [0.25, 0.3) is 0 Å². The van der Waals surface area contributed by atoms with Gasteiger partial charge in [-0.05, 0) is 297 Å². The smallest absolute Gasteiger partial charge is 0.127 e. The Labute approximate surface area is 661 Å². The molecule has 0 saturated carbocycles. The maximum absolute atomic E-state index is 16.3. The molecule has 0 heterocycles. The van der Waals surface area contributed by atoms with E-state index in [1.165, 1.54) is 35.4 Å². The van der Waals surface area contributed by atoms with Gasteiger partial charge >= 0.3 is 0 Å². The lowest BCUT2D eigenvalue weighted by Crippen LogP contribution is -2.29. The average molecular weight is 1470 g/mol. The lowest BCUT2D eigenvalue weighted by molar-refractivity contribution is 0.482. The second-order valence-electron chi connectivity index (χ2n) is 30.0. The molecular formula is C108H72F3NO2. The van der Waals surface area contributed by atoms with Gasteiger partial charge in [0.05, 0.1) is 16.2 Å². The van der Waals surface area contributed by atoms with Crippen molar-refractivity contribution in [2.24, 2.45) is 0 Å². The van der Waals surface area contributed by atoms with Gasteiger partial charge in [0.1, 0.15) is 40.4 Å². The van der Waals surface area contributed by atoms with Crippen LogP contribution in [0.1, 0.15) is 107 Å². The molecule has 6 heteroatoms. The molecule has 3 atom stereocenters. The highest BCUT2D eigenvalue weighted by atomic mass is 19.1. The number of hydrogen-bond acceptors (Lipinski definition) is 3. The Balaban J connectivity index is 0.760. The van der Waals surface area contributed by atoms with Crippen molar-refractivity contribution in [3.8, 4) is 67.5 Å². The summed E-state index contributed by atoms with van der Waals surface area (Å²) in [7, 11) is 0. The molecule has 0 aromatic heterocycles.